The van der Waals surface area contributed by atoms with Crippen molar-refractivity contribution in [3.05, 3.63) is 35.8 Å². The first-order valence-electron chi connectivity index (χ1n) is 9.19. The molecule has 0 spiro atoms. The van der Waals surface area contributed by atoms with Crippen LogP contribution in [-0.2, 0) is 0 Å². The van der Waals surface area contributed by atoms with Gasteiger partial charge in [-0.15, -0.1) is 11.3 Å². The van der Waals surface area contributed by atoms with E-state index in [0.29, 0.717) is 0 Å². The van der Waals surface area contributed by atoms with E-state index < -0.39 is 0 Å². The maximum absolute atomic E-state index is 12.2. The van der Waals surface area contributed by atoms with Crippen molar-refractivity contribution in [1.29, 1.82) is 0 Å². The third-order valence-electron chi connectivity index (χ3n) is 4.40. The van der Waals surface area contributed by atoms with Crippen molar-refractivity contribution in [3.63, 3.8) is 0 Å². The summed E-state index contributed by atoms with van der Waals surface area (Å²) in [5, 5.41) is 9.02. The van der Waals surface area contributed by atoms with Gasteiger partial charge >= 0.3 is 6.03 Å². The lowest BCUT2D eigenvalue weighted by atomic mass is 10.1. The number of ether oxygens (including phenoxy) is 1. The third kappa shape index (κ3) is 5.36. The molecule has 2 aromatic rings. The number of benzene rings is 1. The van der Waals surface area contributed by atoms with Gasteiger partial charge in [0.2, 0.25) is 0 Å². The molecular formula is C19H26N4O2S. The zero-order chi connectivity index (χ0) is 18.2. The van der Waals surface area contributed by atoms with Crippen LogP contribution in [0, 0.1) is 0 Å². The molecule has 26 heavy (non-hydrogen) atoms. The second-order valence-corrected chi connectivity index (χ2v) is 7.27. The minimum Gasteiger partial charge on any atom is -0.494 e. The van der Waals surface area contributed by atoms with E-state index in [4.69, 9.17) is 4.74 Å². The average molecular weight is 375 g/mol. The second-order valence-electron chi connectivity index (χ2n) is 6.40. The number of amides is 2. The summed E-state index contributed by atoms with van der Waals surface area (Å²) >= 11 is 1.66. The molecule has 0 bridgehead atoms. The van der Waals surface area contributed by atoms with Crippen molar-refractivity contribution in [2.24, 2.45) is 0 Å². The second kappa shape index (κ2) is 9.43. The van der Waals surface area contributed by atoms with E-state index in [0.717, 1.165) is 61.9 Å². The lowest BCUT2D eigenvalue weighted by Gasteiger charge is -2.32. The SMILES string of the molecule is CCCCOc1ccc(NC(=O)NC2CCN(c3nccs3)CC2)cc1. The van der Waals surface area contributed by atoms with Gasteiger partial charge in [-0.25, -0.2) is 9.78 Å². The number of hydrogen-bond acceptors (Lipinski definition) is 5. The van der Waals surface area contributed by atoms with Gasteiger partial charge in [0, 0.05) is 36.4 Å². The number of piperidine rings is 1. The van der Waals surface area contributed by atoms with Crippen LogP contribution in [0.5, 0.6) is 5.75 Å². The minimum atomic E-state index is -0.155. The highest BCUT2D eigenvalue weighted by molar-refractivity contribution is 7.13. The van der Waals surface area contributed by atoms with Crippen molar-refractivity contribution >= 4 is 28.2 Å². The van der Waals surface area contributed by atoms with Crippen molar-refractivity contribution in [1.82, 2.24) is 10.3 Å². The molecule has 0 aliphatic carbocycles. The summed E-state index contributed by atoms with van der Waals surface area (Å²) in [4.78, 5) is 18.8. The summed E-state index contributed by atoms with van der Waals surface area (Å²) in [6.45, 7) is 4.70. The first-order chi connectivity index (χ1) is 12.7. The highest BCUT2D eigenvalue weighted by Gasteiger charge is 2.21. The van der Waals surface area contributed by atoms with Gasteiger partial charge in [-0.05, 0) is 43.5 Å². The van der Waals surface area contributed by atoms with Crippen LogP contribution >= 0.6 is 11.3 Å². The molecule has 0 atom stereocenters. The van der Waals surface area contributed by atoms with Crippen LogP contribution in [0.3, 0.4) is 0 Å². The number of anilines is 2. The van der Waals surface area contributed by atoms with Crippen LogP contribution in [0.4, 0.5) is 15.6 Å². The predicted octanol–water partition coefficient (Wildman–Crippen LogP) is 4.11. The summed E-state index contributed by atoms with van der Waals surface area (Å²) in [5.41, 5.74) is 0.769. The average Bonchev–Trinajstić information content (AvgIpc) is 3.19. The van der Waals surface area contributed by atoms with E-state index in [1.54, 1.807) is 11.3 Å². The Hall–Kier alpha value is -2.28. The van der Waals surface area contributed by atoms with Gasteiger partial charge in [0.25, 0.3) is 0 Å². The molecule has 1 aliphatic heterocycles. The lowest BCUT2D eigenvalue weighted by molar-refractivity contribution is 0.246. The first-order valence-corrected chi connectivity index (χ1v) is 10.1. The normalized spacial score (nSPS) is 14.9. The number of unbranched alkanes of at least 4 members (excludes halogenated alkanes) is 1. The molecule has 2 N–H and O–H groups in total. The number of thiazole rings is 1. The molecular weight excluding hydrogens is 348 g/mol. The molecule has 1 aliphatic rings. The summed E-state index contributed by atoms with van der Waals surface area (Å²) in [5.74, 6) is 0.832. The van der Waals surface area contributed by atoms with Crippen molar-refractivity contribution in [2.45, 2.75) is 38.6 Å². The first kappa shape index (κ1) is 18.5. The molecule has 2 amide bonds. The number of urea groups is 1. The Bertz CT molecular complexity index is 667. The fourth-order valence-electron chi connectivity index (χ4n) is 2.91. The van der Waals surface area contributed by atoms with Crippen LogP contribution in [0.15, 0.2) is 35.8 Å². The zero-order valence-corrected chi connectivity index (χ0v) is 15.9. The van der Waals surface area contributed by atoms with Gasteiger partial charge in [0.15, 0.2) is 5.13 Å². The van der Waals surface area contributed by atoms with Gasteiger partial charge in [-0.1, -0.05) is 13.3 Å². The summed E-state index contributed by atoms with van der Waals surface area (Å²) < 4.78 is 5.63. The maximum atomic E-state index is 12.2. The maximum Gasteiger partial charge on any atom is 0.319 e. The summed E-state index contributed by atoms with van der Waals surface area (Å²) in [6, 6.07) is 7.55. The number of rotatable bonds is 7. The molecule has 0 saturated carbocycles. The molecule has 0 radical (unpaired) electrons. The minimum absolute atomic E-state index is 0.155. The highest BCUT2D eigenvalue weighted by Crippen LogP contribution is 2.22. The number of carbonyl (C=O) groups is 1. The number of hydrogen-bond donors (Lipinski definition) is 2. The van der Waals surface area contributed by atoms with E-state index >= 15 is 0 Å². The van der Waals surface area contributed by atoms with E-state index in [2.05, 4.69) is 27.4 Å². The summed E-state index contributed by atoms with van der Waals surface area (Å²) in [7, 11) is 0. The van der Waals surface area contributed by atoms with Crippen molar-refractivity contribution in [2.75, 3.05) is 29.9 Å². The zero-order valence-electron chi connectivity index (χ0n) is 15.1. The van der Waals surface area contributed by atoms with E-state index in [1.807, 2.05) is 35.8 Å². The smallest absolute Gasteiger partial charge is 0.319 e. The van der Waals surface area contributed by atoms with Crippen molar-refractivity contribution in [3.8, 4) is 5.75 Å². The van der Waals surface area contributed by atoms with E-state index in [9.17, 15) is 4.79 Å². The topological polar surface area (TPSA) is 66.5 Å². The van der Waals surface area contributed by atoms with Gasteiger partial charge in [-0.3, -0.25) is 0 Å². The standard InChI is InChI=1S/C19H26N4O2S/c1-2-3-13-25-17-6-4-15(5-7-17)21-18(24)22-16-8-11-23(12-9-16)19-20-10-14-26-19/h4-7,10,14,16H,2-3,8-9,11-13H2,1H3,(H2,21,22,24). The molecule has 2 heterocycles. The van der Waals surface area contributed by atoms with Gasteiger partial charge < -0.3 is 20.3 Å². The van der Waals surface area contributed by atoms with Gasteiger partial charge in [0.1, 0.15) is 5.75 Å². The molecule has 1 saturated heterocycles. The molecule has 3 rings (SSSR count). The number of carbonyl (C=O) groups excluding carboxylic acids is 1. The Balaban J connectivity index is 1.40. The Morgan fingerprint density at radius 1 is 1.31 bits per heavy atom. The number of aromatic nitrogens is 1. The summed E-state index contributed by atoms with van der Waals surface area (Å²) in [6.07, 6.45) is 5.85. The lowest BCUT2D eigenvalue weighted by Crippen LogP contribution is -2.46. The Morgan fingerprint density at radius 3 is 2.73 bits per heavy atom. The molecule has 1 aromatic carbocycles. The quantitative estimate of drug-likeness (QED) is 0.716. The van der Waals surface area contributed by atoms with E-state index in [-0.39, 0.29) is 12.1 Å². The highest BCUT2D eigenvalue weighted by atomic mass is 32.1. The monoisotopic (exact) mass is 374 g/mol. The third-order valence-corrected chi connectivity index (χ3v) is 5.23. The molecule has 0 unspecified atom stereocenters. The van der Waals surface area contributed by atoms with Crippen LogP contribution in [0.2, 0.25) is 0 Å². The number of nitrogens with zero attached hydrogens (tertiary/aromatic N) is 2. The molecule has 6 nitrogen and oxygen atoms in total. The van der Waals surface area contributed by atoms with Gasteiger partial charge in [0.05, 0.1) is 6.61 Å². The fourth-order valence-corrected chi connectivity index (χ4v) is 3.61. The van der Waals surface area contributed by atoms with Crippen LogP contribution in [-0.4, -0.2) is 36.8 Å². The molecule has 7 heteroatoms. The fraction of sp³-hybridized carbons (Fsp3) is 0.474. The Morgan fingerprint density at radius 2 is 2.08 bits per heavy atom. The Labute approximate surface area is 158 Å². The van der Waals surface area contributed by atoms with Crippen molar-refractivity contribution < 1.29 is 9.53 Å². The Kier molecular flexibility index (Phi) is 6.71. The van der Waals surface area contributed by atoms with Gasteiger partial charge in [-0.2, -0.15) is 0 Å². The van der Waals surface area contributed by atoms with Crippen LogP contribution in [0.1, 0.15) is 32.6 Å². The molecule has 1 fully saturated rings. The largest absolute Gasteiger partial charge is 0.494 e. The van der Waals surface area contributed by atoms with Crippen LogP contribution < -0.4 is 20.3 Å². The predicted molar refractivity (Wildman–Crippen MR) is 106 cm³/mol. The molecule has 140 valence electrons. The number of nitrogens with one attached hydrogen (secondary N) is 2. The van der Waals surface area contributed by atoms with Crippen LogP contribution in [0.25, 0.3) is 0 Å². The van der Waals surface area contributed by atoms with E-state index in [1.165, 1.54) is 0 Å². The molecule has 1 aromatic heterocycles.